The van der Waals surface area contributed by atoms with Crippen molar-refractivity contribution in [3.63, 3.8) is 0 Å². The van der Waals surface area contributed by atoms with Gasteiger partial charge in [-0.1, -0.05) is 81.0 Å². The molecule has 0 fully saturated rings. The van der Waals surface area contributed by atoms with E-state index in [9.17, 15) is 0 Å². The Bertz CT molecular complexity index is 195. The van der Waals surface area contributed by atoms with Crippen molar-refractivity contribution in [2.24, 2.45) is 0 Å². The van der Waals surface area contributed by atoms with Crippen molar-refractivity contribution in [2.75, 3.05) is 0 Å². The van der Waals surface area contributed by atoms with Gasteiger partial charge in [0.2, 0.25) is 0 Å². The van der Waals surface area contributed by atoms with Crippen LogP contribution in [0.3, 0.4) is 0 Å². The fraction of sp³-hybridized carbons (Fsp3) is 0.500. The van der Waals surface area contributed by atoms with Crippen LogP contribution < -0.4 is 0 Å². The van der Waals surface area contributed by atoms with Crippen LogP contribution in [0.5, 0.6) is 0 Å². The van der Waals surface area contributed by atoms with Gasteiger partial charge in [0.05, 0.1) is 0 Å². The second kappa shape index (κ2) is 19.8. The van der Waals surface area contributed by atoms with Crippen LogP contribution in [0.15, 0.2) is 20.6 Å². The molecule has 0 N–H and O–H groups in total. The van der Waals surface area contributed by atoms with E-state index in [-0.39, 0.29) is 23.9 Å². The van der Waals surface area contributed by atoms with Crippen LogP contribution in [0.1, 0.15) is 39.5 Å². The minimum Gasteiger partial charge on any atom is -0.781 e. The number of hydrogen-bond donors (Lipinski definition) is 0. The molecule has 1 aliphatic rings. The van der Waals surface area contributed by atoms with E-state index in [1.165, 1.54) is 12.8 Å². The molecule has 0 unspecified atom stereocenters. The Labute approximate surface area is 143 Å². The Morgan fingerprint density at radius 2 is 1.53 bits per heavy atom. The normalized spacial score (nSPS) is 12.7. The molecule has 0 saturated heterocycles. The summed E-state index contributed by atoms with van der Waals surface area (Å²) in [7, 11) is 3.16. The molecule has 0 saturated carbocycles. The zero-order valence-corrected chi connectivity index (χ0v) is 16.7. The summed E-state index contributed by atoms with van der Waals surface area (Å²) >= 11 is 9.74. The Kier molecular flexibility index (Phi) is 27.3. The molecule has 0 nitrogen and oxygen atoms in total. The quantitative estimate of drug-likeness (QED) is 0.356. The molecule has 0 aromatic heterocycles. The largest absolute Gasteiger partial charge is 2.00 e. The molecule has 1 rings (SSSR count). The summed E-state index contributed by atoms with van der Waals surface area (Å²) in [5, 5.41) is 1.95. The SMILES string of the molecule is [CH2]CCC.[CH2]CCC.[S-]C1=C([S-])SSC=C1.[Sn+2]. The van der Waals surface area contributed by atoms with Crippen molar-refractivity contribution in [1.82, 2.24) is 0 Å². The summed E-state index contributed by atoms with van der Waals surface area (Å²) in [5.41, 5.74) is 0. The van der Waals surface area contributed by atoms with Crippen molar-refractivity contribution < 1.29 is 0 Å². The average Bonchev–Trinajstić information content (AvgIpc) is 2.33. The molecular weight excluding hydrogens is 391 g/mol. The van der Waals surface area contributed by atoms with E-state index < -0.39 is 0 Å². The summed E-state index contributed by atoms with van der Waals surface area (Å²) in [4.78, 5) is 0.795. The van der Waals surface area contributed by atoms with Gasteiger partial charge in [-0.25, -0.2) is 0 Å². The molecule has 5 heteroatoms. The number of unbranched alkanes of at least 4 members (excludes halogenated alkanes) is 2. The maximum absolute atomic E-state index is 4.88. The zero-order valence-electron chi connectivity index (χ0n) is 10.5. The van der Waals surface area contributed by atoms with Gasteiger partial charge in [0, 0.05) is 0 Å². The first-order valence-electron chi connectivity index (χ1n) is 5.30. The van der Waals surface area contributed by atoms with Crippen molar-refractivity contribution in [3.05, 3.63) is 34.5 Å². The van der Waals surface area contributed by atoms with E-state index in [1.54, 1.807) is 21.6 Å². The zero-order chi connectivity index (χ0) is 12.8. The first-order chi connectivity index (χ1) is 7.63. The molecule has 0 atom stereocenters. The van der Waals surface area contributed by atoms with Gasteiger partial charge in [0.1, 0.15) is 0 Å². The van der Waals surface area contributed by atoms with E-state index in [1.807, 2.05) is 11.5 Å². The predicted octanol–water partition coefficient (Wildman–Crippen LogP) is 5.02. The molecule has 0 aromatic carbocycles. The van der Waals surface area contributed by atoms with Crippen LogP contribution in [0.2, 0.25) is 0 Å². The topological polar surface area (TPSA) is 0 Å². The number of allylic oxidation sites excluding steroid dienone is 1. The smallest absolute Gasteiger partial charge is 0.781 e. The average molecular weight is 411 g/mol. The van der Waals surface area contributed by atoms with Crippen molar-refractivity contribution in [2.45, 2.75) is 39.5 Å². The third-order valence-corrected chi connectivity index (χ3v) is 4.53. The Balaban J connectivity index is -0.000000189. The van der Waals surface area contributed by atoms with Crippen molar-refractivity contribution in [1.29, 1.82) is 0 Å². The maximum atomic E-state index is 4.88. The fourth-order valence-electron chi connectivity index (χ4n) is 0.270. The van der Waals surface area contributed by atoms with Crippen LogP contribution in [0.4, 0.5) is 0 Å². The molecule has 0 aliphatic carbocycles. The molecule has 17 heavy (non-hydrogen) atoms. The van der Waals surface area contributed by atoms with Gasteiger partial charge in [-0.3, -0.25) is 0 Å². The first kappa shape index (κ1) is 23.5. The van der Waals surface area contributed by atoms with Gasteiger partial charge in [0.25, 0.3) is 0 Å². The molecule has 1 heterocycles. The Hall–Kier alpha value is 1.42. The van der Waals surface area contributed by atoms with E-state index in [0.717, 1.165) is 22.0 Å². The molecule has 1 aliphatic heterocycles. The molecule has 0 bridgehead atoms. The number of hydrogen-bond acceptors (Lipinski definition) is 4. The summed E-state index contributed by atoms with van der Waals surface area (Å²) in [6.45, 7) is 11.4. The molecule has 96 valence electrons. The number of rotatable bonds is 2. The van der Waals surface area contributed by atoms with Crippen LogP contribution in [0.25, 0.3) is 0 Å². The van der Waals surface area contributed by atoms with Gasteiger partial charge in [-0.05, 0) is 5.41 Å². The summed E-state index contributed by atoms with van der Waals surface area (Å²) in [5.74, 6) is 0. The molecular formula is C12H20S4Sn. The van der Waals surface area contributed by atoms with Crippen LogP contribution in [0, 0.1) is 13.8 Å². The maximum Gasteiger partial charge on any atom is 2.00 e. The second-order valence-corrected chi connectivity index (χ2v) is 6.06. The third-order valence-electron chi connectivity index (χ3n) is 1.31. The van der Waals surface area contributed by atoms with E-state index >= 15 is 0 Å². The van der Waals surface area contributed by atoms with Crippen molar-refractivity contribution in [3.8, 4) is 0 Å². The van der Waals surface area contributed by atoms with Crippen LogP contribution in [-0.4, -0.2) is 23.9 Å². The Morgan fingerprint density at radius 3 is 1.71 bits per heavy atom. The monoisotopic (exact) mass is 412 g/mol. The first-order valence-corrected chi connectivity index (χ1v) is 8.33. The predicted molar refractivity (Wildman–Crippen MR) is 92.4 cm³/mol. The van der Waals surface area contributed by atoms with Crippen LogP contribution >= 0.6 is 21.6 Å². The Morgan fingerprint density at radius 1 is 1.12 bits per heavy atom. The minimum atomic E-state index is 0. The molecule has 0 spiro atoms. The minimum absolute atomic E-state index is 0. The van der Waals surface area contributed by atoms with Crippen molar-refractivity contribution >= 4 is 70.8 Å². The second-order valence-electron chi connectivity index (χ2n) is 2.84. The van der Waals surface area contributed by atoms with E-state index in [4.69, 9.17) is 25.3 Å². The summed E-state index contributed by atoms with van der Waals surface area (Å²) in [6, 6.07) is 0. The summed E-state index contributed by atoms with van der Waals surface area (Å²) in [6.07, 6.45) is 6.42. The summed E-state index contributed by atoms with van der Waals surface area (Å²) < 4.78 is 0.826. The standard InChI is InChI=1S/C4H4S4.2C4H9.Sn/c5-3-1-2-7-8-4(3)6;2*1-3-4-2;/h1-2,5-6H;2*1,3-4H2,2H3;/q;;;+2/p-2. The van der Waals surface area contributed by atoms with Crippen LogP contribution in [-0.2, 0) is 25.3 Å². The van der Waals surface area contributed by atoms with Gasteiger partial charge < -0.3 is 25.3 Å². The molecule has 4 radical (unpaired) electrons. The van der Waals surface area contributed by atoms with Gasteiger partial charge >= 0.3 is 23.9 Å². The van der Waals surface area contributed by atoms with E-state index in [0.29, 0.717) is 0 Å². The molecule has 0 aromatic rings. The van der Waals surface area contributed by atoms with Gasteiger partial charge in [-0.15, -0.1) is 4.24 Å². The van der Waals surface area contributed by atoms with Gasteiger partial charge in [-0.2, -0.15) is 4.91 Å². The molecule has 0 amide bonds. The van der Waals surface area contributed by atoms with E-state index in [2.05, 4.69) is 27.7 Å². The third kappa shape index (κ3) is 19.9. The fourth-order valence-corrected chi connectivity index (χ4v) is 2.48. The van der Waals surface area contributed by atoms with Gasteiger partial charge in [0.15, 0.2) is 0 Å².